The van der Waals surface area contributed by atoms with Crippen molar-refractivity contribution in [1.29, 1.82) is 0 Å². The Labute approximate surface area is 137 Å². The zero-order valence-corrected chi connectivity index (χ0v) is 13.1. The van der Waals surface area contributed by atoms with Gasteiger partial charge < -0.3 is 10.0 Å². The summed E-state index contributed by atoms with van der Waals surface area (Å²) in [6.45, 7) is 1.86. The highest BCUT2D eigenvalue weighted by atomic mass is 35.5. The number of rotatable bonds is 1. The largest absolute Gasteiger partial charge is 0.508 e. The molecule has 0 fully saturated rings. The lowest BCUT2D eigenvalue weighted by atomic mass is 10.1. The van der Waals surface area contributed by atoms with Gasteiger partial charge in [0.15, 0.2) is 0 Å². The predicted molar refractivity (Wildman–Crippen MR) is 75.8 cm³/mol. The molecule has 0 aromatic carbocycles. The number of halogens is 7. The predicted octanol–water partition coefficient (Wildman–Crippen LogP) is 5.16. The Hall–Kier alpha value is -1.90. The minimum atomic E-state index is -4.82. The fourth-order valence-corrected chi connectivity index (χ4v) is 2.56. The summed E-state index contributed by atoms with van der Waals surface area (Å²) in [6.07, 6.45) is -8.78. The second-order valence-electron chi connectivity index (χ2n) is 5.16. The van der Waals surface area contributed by atoms with E-state index in [1.165, 1.54) is 13.8 Å². The molecule has 1 aromatic heterocycles. The molecule has 0 amide bonds. The first kappa shape index (κ1) is 18.4. The maximum absolute atomic E-state index is 13.0. The van der Waals surface area contributed by atoms with E-state index in [4.69, 9.17) is 11.6 Å². The second-order valence-corrected chi connectivity index (χ2v) is 5.52. The van der Waals surface area contributed by atoms with Crippen molar-refractivity contribution in [2.75, 3.05) is 11.4 Å². The van der Waals surface area contributed by atoms with Crippen LogP contribution in [0.4, 0.5) is 32.0 Å². The second kappa shape index (κ2) is 5.87. The summed E-state index contributed by atoms with van der Waals surface area (Å²) in [6, 6.07) is 0.651. The Bertz CT molecular complexity index is 736. The van der Waals surface area contributed by atoms with Crippen molar-refractivity contribution in [2.24, 2.45) is 0 Å². The molecule has 0 aliphatic carbocycles. The van der Waals surface area contributed by atoms with Crippen molar-refractivity contribution in [2.45, 2.75) is 26.2 Å². The van der Waals surface area contributed by atoms with Crippen LogP contribution in [0, 0.1) is 6.92 Å². The van der Waals surface area contributed by atoms with Crippen molar-refractivity contribution < 1.29 is 31.4 Å². The van der Waals surface area contributed by atoms with Crippen LogP contribution >= 0.6 is 11.6 Å². The molecular formula is C14H11ClF6N2O. The summed E-state index contributed by atoms with van der Waals surface area (Å²) in [4.78, 5) is 4.57. The highest BCUT2D eigenvalue weighted by Gasteiger charge is 2.41. The van der Waals surface area contributed by atoms with Crippen LogP contribution in [-0.2, 0) is 6.18 Å². The van der Waals surface area contributed by atoms with Crippen molar-refractivity contribution in [1.82, 2.24) is 4.98 Å². The fraction of sp³-hybridized carbons (Fsp3) is 0.357. The summed E-state index contributed by atoms with van der Waals surface area (Å²) in [7, 11) is 0. The van der Waals surface area contributed by atoms with Gasteiger partial charge in [0.25, 0.3) is 0 Å². The molecule has 3 nitrogen and oxygen atoms in total. The van der Waals surface area contributed by atoms with Gasteiger partial charge >= 0.3 is 12.4 Å². The Morgan fingerprint density at radius 3 is 2.21 bits per heavy atom. The molecule has 2 rings (SSSR count). The van der Waals surface area contributed by atoms with Crippen LogP contribution in [0.25, 0.3) is 0 Å². The lowest BCUT2D eigenvalue weighted by Gasteiger charge is -2.32. The first-order valence-corrected chi connectivity index (χ1v) is 6.89. The number of aliphatic hydroxyl groups is 1. The summed E-state index contributed by atoms with van der Waals surface area (Å²) < 4.78 is 77.7. The Kier molecular flexibility index (Phi) is 4.51. The summed E-state index contributed by atoms with van der Waals surface area (Å²) in [5, 5.41) is 8.70. The number of allylic oxidation sites excluding steroid dienone is 2. The first-order valence-electron chi connectivity index (χ1n) is 6.52. The van der Waals surface area contributed by atoms with E-state index in [1.807, 2.05) is 0 Å². The van der Waals surface area contributed by atoms with Gasteiger partial charge in [-0.1, -0.05) is 11.6 Å². The number of pyridine rings is 1. The Balaban J connectivity index is 2.56. The van der Waals surface area contributed by atoms with Crippen molar-refractivity contribution in [3.8, 4) is 0 Å². The van der Waals surface area contributed by atoms with E-state index in [-0.39, 0.29) is 17.1 Å². The molecule has 1 aliphatic rings. The molecule has 0 atom stereocenters. The molecule has 132 valence electrons. The summed E-state index contributed by atoms with van der Waals surface area (Å²) in [5.74, 6) is -0.966. The molecule has 0 bridgehead atoms. The van der Waals surface area contributed by atoms with Crippen molar-refractivity contribution >= 4 is 17.3 Å². The Morgan fingerprint density at radius 1 is 1.12 bits per heavy atom. The van der Waals surface area contributed by atoms with Gasteiger partial charge in [0, 0.05) is 5.70 Å². The SMILES string of the molecule is CC1=CC(O)=C(C(F)(F)F)CN1c1cc(C(F)(F)F)c(Cl)nc1C. The lowest BCUT2D eigenvalue weighted by Crippen LogP contribution is -2.34. The molecule has 2 heterocycles. The number of aromatic nitrogens is 1. The van der Waals surface area contributed by atoms with Crippen LogP contribution in [0.15, 0.2) is 29.2 Å². The molecule has 0 radical (unpaired) electrons. The normalized spacial score (nSPS) is 16.5. The highest BCUT2D eigenvalue weighted by molar-refractivity contribution is 6.30. The van der Waals surface area contributed by atoms with Crippen LogP contribution in [0.2, 0.25) is 5.15 Å². The van der Waals surface area contributed by atoms with Gasteiger partial charge in [-0.25, -0.2) is 4.98 Å². The number of aryl methyl sites for hydroxylation is 1. The van der Waals surface area contributed by atoms with Gasteiger partial charge in [-0.05, 0) is 26.0 Å². The quantitative estimate of drug-likeness (QED) is 0.546. The van der Waals surface area contributed by atoms with E-state index in [0.29, 0.717) is 6.07 Å². The third kappa shape index (κ3) is 3.45. The van der Waals surface area contributed by atoms with E-state index in [0.717, 1.165) is 11.0 Å². The smallest absolute Gasteiger partial charge is 0.419 e. The number of nitrogens with zero attached hydrogens (tertiary/aromatic N) is 2. The molecule has 1 aliphatic heterocycles. The van der Waals surface area contributed by atoms with E-state index >= 15 is 0 Å². The van der Waals surface area contributed by atoms with Crippen molar-refractivity contribution in [3.05, 3.63) is 45.6 Å². The molecule has 0 spiro atoms. The number of aliphatic hydroxyl groups excluding tert-OH is 1. The van der Waals surface area contributed by atoms with Gasteiger partial charge in [0.2, 0.25) is 0 Å². The fourth-order valence-electron chi connectivity index (χ4n) is 2.27. The molecule has 0 saturated carbocycles. The van der Waals surface area contributed by atoms with Crippen LogP contribution in [0.3, 0.4) is 0 Å². The monoisotopic (exact) mass is 372 g/mol. The molecular weight excluding hydrogens is 362 g/mol. The molecule has 0 unspecified atom stereocenters. The number of hydrogen-bond donors (Lipinski definition) is 1. The number of anilines is 1. The van der Waals surface area contributed by atoms with E-state index in [2.05, 4.69) is 4.98 Å². The first-order chi connectivity index (χ1) is 10.8. The molecule has 0 saturated heterocycles. The average molecular weight is 373 g/mol. The lowest BCUT2D eigenvalue weighted by molar-refractivity contribution is -0.137. The highest BCUT2D eigenvalue weighted by Crippen LogP contribution is 2.40. The maximum atomic E-state index is 13.0. The summed E-state index contributed by atoms with van der Waals surface area (Å²) >= 11 is 5.49. The van der Waals surface area contributed by atoms with Gasteiger partial charge in [-0.2, -0.15) is 26.3 Å². The van der Waals surface area contributed by atoms with Gasteiger partial charge in [-0.3, -0.25) is 0 Å². The minimum Gasteiger partial charge on any atom is -0.508 e. The molecule has 1 N–H and O–H groups in total. The number of hydrogen-bond acceptors (Lipinski definition) is 3. The number of alkyl halides is 6. The standard InChI is InChI=1S/C14H11ClF6N2O/c1-6-3-11(24)9(14(19,20)21)5-23(6)10-4-8(13(16,17)18)12(15)22-7(10)2/h3-4,24H,5H2,1-2H3. The van der Waals surface area contributed by atoms with Gasteiger partial charge in [0.1, 0.15) is 10.9 Å². The third-order valence-corrected chi connectivity index (χ3v) is 3.76. The van der Waals surface area contributed by atoms with Crippen LogP contribution < -0.4 is 4.90 Å². The zero-order chi connectivity index (χ0) is 18.4. The van der Waals surface area contributed by atoms with E-state index in [9.17, 15) is 31.4 Å². The average Bonchev–Trinajstić information content (AvgIpc) is 2.36. The Morgan fingerprint density at radius 2 is 1.71 bits per heavy atom. The van der Waals surface area contributed by atoms with E-state index in [1.54, 1.807) is 0 Å². The van der Waals surface area contributed by atoms with Gasteiger partial charge in [0.05, 0.1) is 29.1 Å². The van der Waals surface area contributed by atoms with Crippen LogP contribution in [0.1, 0.15) is 18.2 Å². The van der Waals surface area contributed by atoms with Gasteiger partial charge in [-0.15, -0.1) is 0 Å². The molecule has 1 aromatic rings. The summed E-state index contributed by atoms with van der Waals surface area (Å²) in [5.41, 5.74) is -2.50. The topological polar surface area (TPSA) is 36.4 Å². The third-order valence-electron chi connectivity index (χ3n) is 3.48. The zero-order valence-electron chi connectivity index (χ0n) is 12.3. The van der Waals surface area contributed by atoms with E-state index < -0.39 is 40.9 Å². The molecule has 10 heteroatoms. The maximum Gasteiger partial charge on any atom is 0.419 e. The van der Waals surface area contributed by atoms with Crippen molar-refractivity contribution in [3.63, 3.8) is 0 Å². The van der Waals surface area contributed by atoms with Crippen LogP contribution in [-0.4, -0.2) is 22.8 Å². The molecule has 24 heavy (non-hydrogen) atoms. The van der Waals surface area contributed by atoms with Crippen LogP contribution in [0.5, 0.6) is 0 Å². The minimum absolute atomic E-state index is 0.0312.